The number of hydrogen-bond donors (Lipinski definition) is 2. The number of aryl methyl sites for hydroxylation is 2. The van der Waals surface area contributed by atoms with Crippen molar-refractivity contribution in [1.82, 2.24) is 9.78 Å². The Morgan fingerprint density at radius 2 is 2.10 bits per heavy atom. The number of hydrogen-bond acceptors (Lipinski definition) is 4. The SMILES string of the molecule is COc1ccc(CCC(=O)Nc2nn(C)cc2CN)cc1. The lowest BCUT2D eigenvalue weighted by molar-refractivity contribution is -0.116. The lowest BCUT2D eigenvalue weighted by Crippen LogP contribution is -2.14. The highest BCUT2D eigenvalue weighted by molar-refractivity contribution is 5.90. The molecule has 0 fully saturated rings. The highest BCUT2D eigenvalue weighted by atomic mass is 16.5. The summed E-state index contributed by atoms with van der Waals surface area (Å²) in [5, 5.41) is 6.99. The number of amides is 1. The molecular weight excluding hydrogens is 268 g/mol. The molecule has 1 heterocycles. The lowest BCUT2D eigenvalue weighted by Gasteiger charge is -2.05. The van der Waals surface area contributed by atoms with Crippen molar-refractivity contribution in [3.63, 3.8) is 0 Å². The van der Waals surface area contributed by atoms with Gasteiger partial charge in [-0.2, -0.15) is 5.10 Å². The van der Waals surface area contributed by atoms with Crippen LogP contribution < -0.4 is 15.8 Å². The molecule has 0 saturated carbocycles. The number of nitrogens with zero attached hydrogens (tertiary/aromatic N) is 2. The monoisotopic (exact) mass is 288 g/mol. The molecule has 0 spiro atoms. The predicted molar refractivity (Wildman–Crippen MR) is 81.0 cm³/mol. The highest BCUT2D eigenvalue weighted by Crippen LogP contribution is 2.14. The number of anilines is 1. The van der Waals surface area contributed by atoms with Gasteiger partial charge in [-0.1, -0.05) is 12.1 Å². The van der Waals surface area contributed by atoms with Crippen molar-refractivity contribution < 1.29 is 9.53 Å². The zero-order valence-corrected chi connectivity index (χ0v) is 12.3. The number of ether oxygens (including phenoxy) is 1. The van der Waals surface area contributed by atoms with E-state index in [1.807, 2.05) is 24.3 Å². The fourth-order valence-electron chi connectivity index (χ4n) is 2.04. The first kappa shape index (κ1) is 15.1. The average Bonchev–Trinajstić information content (AvgIpc) is 2.85. The second kappa shape index (κ2) is 6.90. The minimum atomic E-state index is -0.0702. The molecule has 3 N–H and O–H groups in total. The van der Waals surface area contributed by atoms with Gasteiger partial charge in [-0.15, -0.1) is 0 Å². The maximum atomic E-state index is 12.0. The third-order valence-electron chi connectivity index (χ3n) is 3.18. The predicted octanol–water partition coefficient (Wildman–Crippen LogP) is 1.46. The summed E-state index contributed by atoms with van der Waals surface area (Å²) in [6.45, 7) is 0.349. The topological polar surface area (TPSA) is 82.2 Å². The zero-order valence-electron chi connectivity index (χ0n) is 12.3. The fourth-order valence-corrected chi connectivity index (χ4v) is 2.04. The lowest BCUT2D eigenvalue weighted by atomic mass is 10.1. The fraction of sp³-hybridized carbons (Fsp3) is 0.333. The number of nitrogens with two attached hydrogens (primary N) is 1. The summed E-state index contributed by atoms with van der Waals surface area (Å²) in [5.74, 6) is 1.28. The molecule has 2 aromatic rings. The summed E-state index contributed by atoms with van der Waals surface area (Å²) in [7, 11) is 3.43. The van der Waals surface area contributed by atoms with E-state index in [2.05, 4.69) is 10.4 Å². The number of carbonyl (C=O) groups excluding carboxylic acids is 1. The summed E-state index contributed by atoms with van der Waals surface area (Å²) in [5.41, 5.74) is 7.53. The third-order valence-corrected chi connectivity index (χ3v) is 3.18. The smallest absolute Gasteiger partial charge is 0.225 e. The maximum Gasteiger partial charge on any atom is 0.225 e. The molecule has 2 rings (SSSR count). The van der Waals surface area contributed by atoms with Gasteiger partial charge in [0.15, 0.2) is 5.82 Å². The molecule has 0 aliphatic rings. The molecule has 6 nitrogen and oxygen atoms in total. The van der Waals surface area contributed by atoms with Crippen LogP contribution in [0.15, 0.2) is 30.5 Å². The quantitative estimate of drug-likeness (QED) is 0.843. The first-order chi connectivity index (χ1) is 10.1. The standard InChI is InChI=1S/C15H20N4O2/c1-19-10-12(9-16)15(18-19)17-14(20)8-5-11-3-6-13(21-2)7-4-11/h3-4,6-7,10H,5,8-9,16H2,1-2H3,(H,17,18,20). The van der Waals surface area contributed by atoms with Gasteiger partial charge in [0, 0.05) is 31.8 Å². The second-order valence-corrected chi connectivity index (χ2v) is 4.78. The van der Waals surface area contributed by atoms with Gasteiger partial charge >= 0.3 is 0 Å². The van der Waals surface area contributed by atoms with Gasteiger partial charge < -0.3 is 15.8 Å². The van der Waals surface area contributed by atoms with Crippen LogP contribution in [-0.2, 0) is 24.8 Å². The summed E-state index contributed by atoms with van der Waals surface area (Å²) in [6.07, 6.45) is 2.87. The minimum absolute atomic E-state index is 0.0702. The molecule has 21 heavy (non-hydrogen) atoms. The number of nitrogens with one attached hydrogen (secondary N) is 1. The van der Waals surface area contributed by atoms with E-state index in [0.29, 0.717) is 25.2 Å². The van der Waals surface area contributed by atoms with Crippen molar-refractivity contribution in [2.24, 2.45) is 12.8 Å². The van der Waals surface area contributed by atoms with Gasteiger partial charge in [-0.3, -0.25) is 9.48 Å². The second-order valence-electron chi connectivity index (χ2n) is 4.78. The Morgan fingerprint density at radius 3 is 2.71 bits per heavy atom. The summed E-state index contributed by atoms with van der Waals surface area (Å²) < 4.78 is 6.74. The minimum Gasteiger partial charge on any atom is -0.497 e. The Kier molecular flexibility index (Phi) is 4.94. The van der Waals surface area contributed by atoms with E-state index in [0.717, 1.165) is 16.9 Å². The van der Waals surface area contributed by atoms with Gasteiger partial charge in [-0.25, -0.2) is 0 Å². The Labute approximate surface area is 123 Å². The van der Waals surface area contributed by atoms with Crippen LogP contribution in [0, 0.1) is 0 Å². The molecule has 0 atom stereocenters. The molecule has 1 aromatic carbocycles. The van der Waals surface area contributed by atoms with Crippen LogP contribution in [0.1, 0.15) is 17.5 Å². The average molecular weight is 288 g/mol. The molecule has 1 amide bonds. The number of carbonyl (C=O) groups is 1. The van der Waals surface area contributed by atoms with Crippen LogP contribution in [-0.4, -0.2) is 22.8 Å². The molecule has 1 aromatic heterocycles. The van der Waals surface area contributed by atoms with Gasteiger partial charge in [0.2, 0.25) is 5.91 Å². The first-order valence-corrected chi connectivity index (χ1v) is 6.77. The van der Waals surface area contributed by atoms with Crippen molar-refractivity contribution >= 4 is 11.7 Å². The van der Waals surface area contributed by atoms with Gasteiger partial charge in [0.1, 0.15) is 5.75 Å². The van der Waals surface area contributed by atoms with Gasteiger partial charge in [0.25, 0.3) is 0 Å². The highest BCUT2D eigenvalue weighted by Gasteiger charge is 2.10. The molecule has 6 heteroatoms. The largest absolute Gasteiger partial charge is 0.497 e. The van der Waals surface area contributed by atoms with Gasteiger partial charge in [-0.05, 0) is 24.1 Å². The van der Waals surface area contributed by atoms with Gasteiger partial charge in [0.05, 0.1) is 7.11 Å². The number of benzene rings is 1. The van der Waals surface area contributed by atoms with Crippen molar-refractivity contribution in [3.05, 3.63) is 41.6 Å². The van der Waals surface area contributed by atoms with E-state index in [-0.39, 0.29) is 5.91 Å². The summed E-state index contributed by atoms with van der Waals surface area (Å²) in [6, 6.07) is 7.69. The van der Waals surface area contributed by atoms with E-state index in [4.69, 9.17) is 10.5 Å². The van der Waals surface area contributed by atoms with Crippen LogP contribution >= 0.6 is 0 Å². The molecule has 0 radical (unpaired) electrons. The number of rotatable bonds is 6. The van der Waals surface area contributed by atoms with Crippen LogP contribution in [0.5, 0.6) is 5.75 Å². The molecule has 0 bridgehead atoms. The van der Waals surface area contributed by atoms with E-state index >= 15 is 0 Å². The number of methoxy groups -OCH3 is 1. The summed E-state index contributed by atoms with van der Waals surface area (Å²) in [4.78, 5) is 12.0. The van der Waals surface area contributed by atoms with E-state index in [9.17, 15) is 4.79 Å². The Bertz CT molecular complexity index is 605. The molecule has 112 valence electrons. The molecule has 0 aliphatic heterocycles. The molecule has 0 aliphatic carbocycles. The van der Waals surface area contributed by atoms with Crippen molar-refractivity contribution in [2.45, 2.75) is 19.4 Å². The van der Waals surface area contributed by atoms with E-state index < -0.39 is 0 Å². The number of aromatic nitrogens is 2. The Balaban J connectivity index is 1.89. The van der Waals surface area contributed by atoms with Crippen molar-refractivity contribution in [2.75, 3.05) is 12.4 Å². The van der Waals surface area contributed by atoms with E-state index in [1.165, 1.54) is 0 Å². The molecule has 0 unspecified atom stereocenters. The van der Waals surface area contributed by atoms with Crippen LogP contribution in [0.2, 0.25) is 0 Å². The first-order valence-electron chi connectivity index (χ1n) is 6.77. The summed E-state index contributed by atoms with van der Waals surface area (Å²) >= 11 is 0. The molecular formula is C15H20N4O2. The normalized spacial score (nSPS) is 10.4. The van der Waals surface area contributed by atoms with Crippen molar-refractivity contribution in [3.8, 4) is 5.75 Å². The third kappa shape index (κ3) is 4.06. The Hall–Kier alpha value is -2.34. The van der Waals surface area contributed by atoms with Crippen LogP contribution in [0.25, 0.3) is 0 Å². The van der Waals surface area contributed by atoms with Crippen LogP contribution in [0.4, 0.5) is 5.82 Å². The molecule has 0 saturated heterocycles. The zero-order chi connectivity index (χ0) is 15.2. The maximum absolute atomic E-state index is 12.0. The Morgan fingerprint density at radius 1 is 1.38 bits per heavy atom. The van der Waals surface area contributed by atoms with Crippen molar-refractivity contribution in [1.29, 1.82) is 0 Å². The van der Waals surface area contributed by atoms with E-state index in [1.54, 1.807) is 25.0 Å². The van der Waals surface area contributed by atoms with Crippen LogP contribution in [0.3, 0.4) is 0 Å².